The van der Waals surface area contributed by atoms with Crippen molar-refractivity contribution in [3.05, 3.63) is 58.9 Å². The van der Waals surface area contributed by atoms with Gasteiger partial charge in [0, 0.05) is 16.5 Å². The summed E-state index contributed by atoms with van der Waals surface area (Å²) in [5.74, 6) is 1.33. The maximum atomic E-state index is 12.9. The molecule has 0 aliphatic rings. The van der Waals surface area contributed by atoms with E-state index in [9.17, 15) is 13.2 Å². The second-order valence-corrected chi connectivity index (χ2v) is 6.70. The molecule has 0 saturated heterocycles. The van der Waals surface area contributed by atoms with Gasteiger partial charge in [-0.25, -0.2) is 4.98 Å². The monoisotopic (exact) mass is 370 g/mol. The molecule has 1 heterocycles. The van der Waals surface area contributed by atoms with Crippen LogP contribution in [-0.2, 0) is 18.5 Å². The molecule has 0 aliphatic heterocycles. The molecule has 0 unspecified atom stereocenters. The van der Waals surface area contributed by atoms with Crippen molar-refractivity contribution in [2.24, 2.45) is 0 Å². The first-order valence-corrected chi connectivity index (χ1v) is 8.69. The van der Waals surface area contributed by atoms with Crippen LogP contribution < -0.4 is 0 Å². The number of halogens is 4. The number of aryl methyl sites for hydroxylation is 1. The van der Waals surface area contributed by atoms with Gasteiger partial charge in [-0.15, -0.1) is 11.8 Å². The van der Waals surface area contributed by atoms with E-state index in [1.165, 1.54) is 6.07 Å². The lowest BCUT2D eigenvalue weighted by atomic mass is 10.2. The van der Waals surface area contributed by atoms with Crippen molar-refractivity contribution in [2.45, 2.75) is 30.3 Å². The molecule has 0 radical (unpaired) electrons. The Morgan fingerprint density at radius 1 is 1.12 bits per heavy atom. The number of imidazole rings is 1. The molecule has 2 aromatic carbocycles. The minimum absolute atomic E-state index is 0.374. The molecule has 2 nitrogen and oxygen atoms in total. The molecule has 0 saturated carbocycles. The van der Waals surface area contributed by atoms with Crippen LogP contribution in [0.15, 0.2) is 47.4 Å². The van der Waals surface area contributed by atoms with Crippen molar-refractivity contribution in [3.8, 4) is 0 Å². The molecule has 0 amide bonds. The molecule has 0 N–H and O–H groups in total. The highest BCUT2D eigenvalue weighted by Gasteiger charge is 2.31. The number of fused-ring (bicyclic) bond motifs is 1. The summed E-state index contributed by atoms with van der Waals surface area (Å²) in [5, 5.41) is 0.667. The molecule has 3 rings (SSSR count). The summed E-state index contributed by atoms with van der Waals surface area (Å²) < 4.78 is 40.5. The van der Waals surface area contributed by atoms with Gasteiger partial charge in [0.1, 0.15) is 5.82 Å². The van der Waals surface area contributed by atoms with Crippen molar-refractivity contribution >= 4 is 34.4 Å². The molecule has 0 fully saturated rings. The van der Waals surface area contributed by atoms with Crippen LogP contribution in [0.4, 0.5) is 13.2 Å². The number of benzene rings is 2. The van der Waals surface area contributed by atoms with Gasteiger partial charge in [0.25, 0.3) is 0 Å². The van der Waals surface area contributed by atoms with Gasteiger partial charge in [0.15, 0.2) is 0 Å². The highest BCUT2D eigenvalue weighted by atomic mass is 35.5. The van der Waals surface area contributed by atoms with Gasteiger partial charge < -0.3 is 4.57 Å². The van der Waals surface area contributed by atoms with E-state index < -0.39 is 11.7 Å². The SMILES string of the molecule is CCn1c(CSc2ccc(Cl)cc2)nc2cc(C(F)(F)F)ccc21. The molecule has 1 aromatic heterocycles. The molecular formula is C17H14ClF3N2S. The maximum absolute atomic E-state index is 12.9. The van der Waals surface area contributed by atoms with Crippen molar-refractivity contribution in [3.63, 3.8) is 0 Å². The Morgan fingerprint density at radius 2 is 1.83 bits per heavy atom. The van der Waals surface area contributed by atoms with Gasteiger partial charge in [-0.2, -0.15) is 13.2 Å². The molecule has 0 bridgehead atoms. The Labute approximate surface area is 146 Å². The lowest BCUT2D eigenvalue weighted by Gasteiger charge is -2.07. The summed E-state index contributed by atoms with van der Waals surface area (Å²) in [6.45, 7) is 2.60. The lowest BCUT2D eigenvalue weighted by molar-refractivity contribution is -0.137. The minimum atomic E-state index is -4.36. The number of hydrogen-bond acceptors (Lipinski definition) is 2. The fourth-order valence-corrected chi connectivity index (χ4v) is 3.47. The summed E-state index contributed by atoms with van der Waals surface area (Å²) in [4.78, 5) is 5.44. The third-order valence-electron chi connectivity index (χ3n) is 3.65. The number of thioether (sulfide) groups is 1. The zero-order valence-corrected chi connectivity index (χ0v) is 14.3. The van der Waals surface area contributed by atoms with Crippen molar-refractivity contribution in [2.75, 3.05) is 0 Å². The van der Waals surface area contributed by atoms with E-state index in [1.807, 2.05) is 35.8 Å². The molecule has 3 aromatic rings. The van der Waals surface area contributed by atoms with E-state index in [-0.39, 0.29) is 0 Å². The summed E-state index contributed by atoms with van der Waals surface area (Å²) in [7, 11) is 0. The fourth-order valence-electron chi connectivity index (χ4n) is 2.50. The van der Waals surface area contributed by atoms with E-state index in [4.69, 9.17) is 11.6 Å². The van der Waals surface area contributed by atoms with Gasteiger partial charge in [-0.3, -0.25) is 0 Å². The molecule has 7 heteroatoms. The second kappa shape index (κ2) is 6.69. The maximum Gasteiger partial charge on any atom is 0.416 e. The topological polar surface area (TPSA) is 17.8 Å². The van der Waals surface area contributed by atoms with Gasteiger partial charge >= 0.3 is 6.18 Å². The Hall–Kier alpha value is -1.66. The van der Waals surface area contributed by atoms with Crippen LogP contribution in [0, 0.1) is 0 Å². The number of nitrogens with zero attached hydrogens (tertiary/aromatic N) is 2. The molecule has 0 aliphatic carbocycles. The van der Waals surface area contributed by atoms with Gasteiger partial charge in [0.2, 0.25) is 0 Å². The van der Waals surface area contributed by atoms with Crippen molar-refractivity contribution in [1.29, 1.82) is 0 Å². The first-order chi connectivity index (χ1) is 11.4. The predicted molar refractivity (Wildman–Crippen MR) is 91.4 cm³/mol. The van der Waals surface area contributed by atoms with Crippen LogP contribution >= 0.6 is 23.4 Å². The Bertz CT molecular complexity index is 857. The highest BCUT2D eigenvalue weighted by Crippen LogP contribution is 2.32. The first kappa shape index (κ1) is 17.2. The van der Waals surface area contributed by atoms with Crippen LogP contribution in [0.5, 0.6) is 0 Å². The number of hydrogen-bond donors (Lipinski definition) is 0. The van der Waals surface area contributed by atoms with E-state index in [0.29, 0.717) is 22.8 Å². The third kappa shape index (κ3) is 3.54. The zero-order chi connectivity index (χ0) is 17.3. The summed E-state index contributed by atoms with van der Waals surface area (Å²) in [5.41, 5.74) is 0.420. The number of alkyl halides is 3. The van der Waals surface area contributed by atoms with Crippen LogP contribution in [0.1, 0.15) is 18.3 Å². The summed E-state index contributed by atoms with van der Waals surface area (Å²) in [6.07, 6.45) is -4.36. The van der Waals surface area contributed by atoms with Crippen molar-refractivity contribution < 1.29 is 13.2 Å². The molecular weight excluding hydrogens is 357 g/mol. The van der Waals surface area contributed by atoms with E-state index in [0.717, 1.165) is 28.4 Å². The second-order valence-electron chi connectivity index (χ2n) is 5.22. The predicted octanol–water partition coefficient (Wildman–Crippen LogP) is 6.02. The summed E-state index contributed by atoms with van der Waals surface area (Å²) >= 11 is 7.44. The third-order valence-corrected chi connectivity index (χ3v) is 4.91. The Morgan fingerprint density at radius 3 is 2.46 bits per heavy atom. The van der Waals surface area contributed by atoms with Gasteiger partial charge in [-0.1, -0.05) is 11.6 Å². The Kier molecular flexibility index (Phi) is 4.78. The number of rotatable bonds is 4. The quantitative estimate of drug-likeness (QED) is 0.522. The van der Waals surface area contributed by atoms with Gasteiger partial charge in [-0.05, 0) is 49.4 Å². The first-order valence-electron chi connectivity index (χ1n) is 7.33. The van der Waals surface area contributed by atoms with Gasteiger partial charge in [0.05, 0.1) is 22.3 Å². The molecule has 126 valence electrons. The molecule has 0 spiro atoms. The van der Waals surface area contributed by atoms with E-state index in [1.54, 1.807) is 11.8 Å². The lowest BCUT2D eigenvalue weighted by Crippen LogP contribution is -2.04. The zero-order valence-electron chi connectivity index (χ0n) is 12.8. The average Bonchev–Trinajstić information content (AvgIpc) is 2.90. The minimum Gasteiger partial charge on any atom is -0.328 e. The molecule has 0 atom stereocenters. The number of aromatic nitrogens is 2. The summed E-state index contributed by atoms with van der Waals surface area (Å²) in [6, 6.07) is 11.1. The van der Waals surface area contributed by atoms with Crippen LogP contribution in [0.3, 0.4) is 0 Å². The van der Waals surface area contributed by atoms with E-state index >= 15 is 0 Å². The fraction of sp³-hybridized carbons (Fsp3) is 0.235. The van der Waals surface area contributed by atoms with E-state index in [2.05, 4.69) is 4.98 Å². The standard InChI is InChI=1S/C17H14ClF3N2S/c1-2-23-15-8-3-11(17(19,20)21)9-14(15)22-16(23)10-24-13-6-4-12(18)5-7-13/h3-9H,2,10H2,1H3. The highest BCUT2D eigenvalue weighted by molar-refractivity contribution is 7.98. The smallest absolute Gasteiger partial charge is 0.328 e. The average molecular weight is 371 g/mol. The largest absolute Gasteiger partial charge is 0.416 e. The van der Waals surface area contributed by atoms with Crippen LogP contribution in [0.25, 0.3) is 11.0 Å². The van der Waals surface area contributed by atoms with Crippen LogP contribution in [-0.4, -0.2) is 9.55 Å². The van der Waals surface area contributed by atoms with Crippen molar-refractivity contribution in [1.82, 2.24) is 9.55 Å². The Balaban J connectivity index is 1.90. The molecule has 24 heavy (non-hydrogen) atoms. The van der Waals surface area contributed by atoms with Crippen LogP contribution in [0.2, 0.25) is 5.02 Å². The normalized spacial score (nSPS) is 12.0.